The van der Waals surface area contributed by atoms with Gasteiger partial charge in [-0.3, -0.25) is 0 Å². The van der Waals surface area contributed by atoms with Crippen LogP contribution in [0.1, 0.15) is 6.42 Å². The van der Waals surface area contributed by atoms with Gasteiger partial charge in [0.1, 0.15) is 0 Å². The van der Waals surface area contributed by atoms with Crippen molar-refractivity contribution in [1.29, 1.82) is 0 Å². The Hall–Kier alpha value is 0.487. The fourth-order valence-electron chi connectivity index (χ4n) is 0.768. The summed E-state index contributed by atoms with van der Waals surface area (Å²) in [4.78, 5) is 0. The molecule has 0 amide bonds. The van der Waals surface area contributed by atoms with Crippen LogP contribution in [-0.4, -0.2) is 27.2 Å². The molecule has 1 fully saturated rings. The van der Waals surface area contributed by atoms with Crippen LogP contribution in [0.15, 0.2) is 0 Å². The molecule has 0 bridgehead atoms. The minimum absolute atomic E-state index is 0.771. The van der Waals surface area contributed by atoms with Crippen LogP contribution in [0.3, 0.4) is 0 Å². The summed E-state index contributed by atoms with van der Waals surface area (Å²) in [7, 11) is -1.75. The lowest BCUT2D eigenvalue weighted by Gasteiger charge is -2.29. The van der Waals surface area contributed by atoms with Crippen molar-refractivity contribution in [3.05, 3.63) is 0 Å². The number of rotatable bonds is 1. The molecule has 1 aliphatic rings. The summed E-state index contributed by atoms with van der Waals surface area (Å²) in [5.41, 5.74) is 0. The Morgan fingerprint density at radius 3 is 2.33 bits per heavy atom. The first-order valence-corrected chi connectivity index (χ1v) is 6.31. The molecule has 54 valence electrons. The molecule has 0 radical (unpaired) electrons. The van der Waals surface area contributed by atoms with Crippen molar-refractivity contribution in [3.63, 3.8) is 0 Å². The maximum Gasteiger partial charge on any atom is 0.344 e. The van der Waals surface area contributed by atoms with E-state index < -0.39 is 8.56 Å². The van der Waals surface area contributed by atoms with Gasteiger partial charge in [0.2, 0.25) is 0 Å². The van der Waals surface area contributed by atoms with Gasteiger partial charge in [-0.15, -0.1) is 0 Å². The standard InChI is InChI=1S/C5H12O2SSi/c1-9(5-8)6-3-2-4-7-9/h8H,2-5H2,1H3. The summed E-state index contributed by atoms with van der Waals surface area (Å²) in [5.74, 6) is 0. The molecule has 0 atom stereocenters. The lowest BCUT2D eigenvalue weighted by atomic mass is 10.5. The van der Waals surface area contributed by atoms with Crippen LogP contribution >= 0.6 is 12.6 Å². The smallest absolute Gasteiger partial charge is 0.344 e. The Balaban J connectivity index is 2.37. The molecular formula is C5H12O2SSi. The molecule has 0 spiro atoms. The fourth-order valence-corrected chi connectivity index (χ4v) is 2.73. The molecule has 1 heterocycles. The van der Waals surface area contributed by atoms with Crippen LogP contribution in [0.5, 0.6) is 0 Å². The first kappa shape index (κ1) is 7.59. The quantitative estimate of drug-likeness (QED) is 0.460. The predicted molar refractivity (Wildman–Crippen MR) is 42.0 cm³/mol. The van der Waals surface area contributed by atoms with Crippen LogP contribution in [0.2, 0.25) is 6.55 Å². The molecule has 4 heteroatoms. The number of hydrogen-bond donors (Lipinski definition) is 1. The molecule has 1 saturated heterocycles. The maximum atomic E-state index is 5.45. The van der Waals surface area contributed by atoms with Gasteiger partial charge in [0.25, 0.3) is 0 Å². The molecule has 0 aromatic carbocycles. The van der Waals surface area contributed by atoms with Crippen molar-refractivity contribution in [2.45, 2.75) is 13.0 Å². The second-order valence-corrected chi connectivity index (χ2v) is 6.45. The van der Waals surface area contributed by atoms with Crippen molar-refractivity contribution in [1.82, 2.24) is 0 Å². The van der Waals surface area contributed by atoms with E-state index in [0.717, 1.165) is 25.0 Å². The van der Waals surface area contributed by atoms with E-state index in [-0.39, 0.29) is 0 Å². The Kier molecular flexibility index (Phi) is 2.57. The zero-order valence-corrected chi connectivity index (χ0v) is 7.49. The average Bonchev–Trinajstić information content (AvgIpc) is 1.90. The lowest BCUT2D eigenvalue weighted by molar-refractivity contribution is 0.118. The average molecular weight is 164 g/mol. The first-order chi connectivity index (χ1) is 4.27. The molecule has 2 nitrogen and oxygen atoms in total. The molecule has 0 unspecified atom stereocenters. The second-order valence-electron chi connectivity index (χ2n) is 2.34. The summed E-state index contributed by atoms with van der Waals surface area (Å²) in [6.07, 6.45) is 1.04. The van der Waals surface area contributed by atoms with Crippen molar-refractivity contribution >= 4 is 21.2 Å². The van der Waals surface area contributed by atoms with Crippen molar-refractivity contribution in [3.8, 4) is 0 Å². The van der Waals surface area contributed by atoms with Crippen molar-refractivity contribution < 1.29 is 8.85 Å². The molecule has 0 saturated carbocycles. The monoisotopic (exact) mass is 164 g/mol. The normalized spacial score (nSPS) is 26.0. The molecule has 1 aliphatic heterocycles. The van der Waals surface area contributed by atoms with Crippen LogP contribution in [0.4, 0.5) is 0 Å². The molecular weight excluding hydrogens is 152 g/mol. The van der Waals surface area contributed by atoms with Crippen LogP contribution < -0.4 is 0 Å². The summed E-state index contributed by atoms with van der Waals surface area (Å²) in [5, 5.41) is 0.771. The molecule has 9 heavy (non-hydrogen) atoms. The fraction of sp³-hybridized carbons (Fsp3) is 1.00. The van der Waals surface area contributed by atoms with Gasteiger partial charge in [-0.2, -0.15) is 12.6 Å². The second kappa shape index (κ2) is 3.05. The predicted octanol–water partition coefficient (Wildman–Crippen LogP) is 0.964. The van der Waals surface area contributed by atoms with E-state index in [0.29, 0.717) is 0 Å². The highest BCUT2D eigenvalue weighted by Gasteiger charge is 2.31. The maximum absolute atomic E-state index is 5.45. The summed E-state index contributed by atoms with van der Waals surface area (Å²) in [6.45, 7) is 3.78. The van der Waals surface area contributed by atoms with E-state index in [2.05, 4.69) is 19.2 Å². The van der Waals surface area contributed by atoms with Crippen molar-refractivity contribution in [2.24, 2.45) is 0 Å². The zero-order valence-electron chi connectivity index (χ0n) is 5.59. The zero-order chi connectivity index (χ0) is 6.74. The van der Waals surface area contributed by atoms with Gasteiger partial charge in [-0.05, 0) is 13.0 Å². The highest BCUT2D eigenvalue weighted by molar-refractivity contribution is 7.82. The Labute approximate surface area is 62.2 Å². The van der Waals surface area contributed by atoms with Crippen LogP contribution in [0.25, 0.3) is 0 Å². The lowest BCUT2D eigenvalue weighted by Crippen LogP contribution is -2.45. The van der Waals surface area contributed by atoms with E-state index in [1.54, 1.807) is 0 Å². The largest absolute Gasteiger partial charge is 0.394 e. The summed E-state index contributed by atoms with van der Waals surface area (Å²) >= 11 is 4.16. The Morgan fingerprint density at radius 1 is 1.44 bits per heavy atom. The van der Waals surface area contributed by atoms with E-state index in [9.17, 15) is 0 Å². The molecule has 0 aromatic rings. The van der Waals surface area contributed by atoms with E-state index in [1.165, 1.54) is 0 Å². The number of hydrogen-bond acceptors (Lipinski definition) is 3. The van der Waals surface area contributed by atoms with Gasteiger partial charge < -0.3 is 8.85 Å². The van der Waals surface area contributed by atoms with Gasteiger partial charge >= 0.3 is 8.56 Å². The van der Waals surface area contributed by atoms with Crippen LogP contribution in [-0.2, 0) is 8.85 Å². The van der Waals surface area contributed by atoms with E-state index in [1.807, 2.05) is 0 Å². The van der Waals surface area contributed by atoms with E-state index >= 15 is 0 Å². The van der Waals surface area contributed by atoms with Crippen molar-refractivity contribution in [2.75, 3.05) is 18.6 Å². The van der Waals surface area contributed by atoms with Gasteiger partial charge in [-0.1, -0.05) is 0 Å². The summed E-state index contributed by atoms with van der Waals surface area (Å²) < 4.78 is 10.9. The molecule has 0 aromatic heterocycles. The Bertz CT molecular complexity index is 93.0. The highest BCUT2D eigenvalue weighted by Crippen LogP contribution is 2.13. The summed E-state index contributed by atoms with van der Waals surface area (Å²) in [6, 6.07) is 0. The van der Waals surface area contributed by atoms with Crippen LogP contribution in [0, 0.1) is 0 Å². The highest BCUT2D eigenvalue weighted by atomic mass is 32.1. The third-order valence-corrected chi connectivity index (χ3v) is 5.32. The third-order valence-electron chi connectivity index (χ3n) is 1.39. The topological polar surface area (TPSA) is 18.5 Å². The van der Waals surface area contributed by atoms with Gasteiger partial charge in [0.15, 0.2) is 0 Å². The molecule has 1 rings (SSSR count). The van der Waals surface area contributed by atoms with Gasteiger partial charge in [-0.25, -0.2) is 0 Å². The Morgan fingerprint density at radius 2 is 2.00 bits per heavy atom. The first-order valence-electron chi connectivity index (χ1n) is 3.16. The minimum atomic E-state index is -1.75. The minimum Gasteiger partial charge on any atom is -0.394 e. The molecule has 0 N–H and O–H groups in total. The van der Waals surface area contributed by atoms with Gasteiger partial charge in [0.05, 0.1) is 0 Å². The third kappa shape index (κ3) is 1.96. The van der Waals surface area contributed by atoms with E-state index in [4.69, 9.17) is 8.85 Å². The van der Waals surface area contributed by atoms with Gasteiger partial charge in [0, 0.05) is 18.6 Å². The number of thiol groups is 1. The SMILES string of the molecule is C[Si]1(CS)OCCCO1. The molecule has 0 aliphatic carbocycles.